The number of nitrogens with one attached hydrogen (secondary N) is 2. The van der Waals surface area contributed by atoms with Crippen LogP contribution in [0, 0.1) is 5.92 Å². The molecule has 1 amide bonds. The zero-order chi connectivity index (χ0) is 18.4. The van der Waals surface area contributed by atoms with Crippen molar-refractivity contribution in [1.29, 1.82) is 0 Å². The molecule has 0 saturated carbocycles. The number of amides is 1. The number of carbonyl (C=O) groups excluding carboxylic acids is 1. The second-order valence-electron chi connectivity index (χ2n) is 6.60. The van der Waals surface area contributed by atoms with Gasteiger partial charge in [0.15, 0.2) is 10.8 Å². The maximum Gasteiger partial charge on any atom is 0.219 e. The smallest absolute Gasteiger partial charge is 0.219 e. The minimum Gasteiger partial charge on any atom is -0.369 e. The van der Waals surface area contributed by atoms with Crippen LogP contribution in [0.3, 0.4) is 0 Å². The lowest BCUT2D eigenvalue weighted by atomic mass is 10.2. The summed E-state index contributed by atoms with van der Waals surface area (Å²) in [4.78, 5) is 20.7. The monoisotopic (exact) mass is 364 g/mol. The van der Waals surface area contributed by atoms with E-state index in [4.69, 9.17) is 0 Å². The summed E-state index contributed by atoms with van der Waals surface area (Å²) in [6.07, 6.45) is 2.28. The maximum absolute atomic E-state index is 11.4. The third-order valence-electron chi connectivity index (χ3n) is 3.46. The van der Waals surface area contributed by atoms with Gasteiger partial charge in [0.05, 0.1) is 18.1 Å². The average molecular weight is 365 g/mol. The Hall–Kier alpha value is -1.83. The van der Waals surface area contributed by atoms with Gasteiger partial charge in [-0.1, -0.05) is 46.4 Å². The molecule has 138 valence electrons. The predicted octanol–water partition coefficient (Wildman–Crippen LogP) is 2.92. The molecule has 0 radical (unpaired) electrons. The fourth-order valence-corrected chi connectivity index (χ4v) is 2.93. The van der Waals surface area contributed by atoms with Gasteiger partial charge in [-0.2, -0.15) is 5.10 Å². The highest BCUT2D eigenvalue weighted by molar-refractivity contribution is 7.99. The molecule has 2 aromatic heterocycles. The third kappa shape index (κ3) is 5.59. The fourth-order valence-electron chi connectivity index (χ4n) is 2.22. The minimum atomic E-state index is 0.0430. The number of hydrogen-bond donors (Lipinski definition) is 2. The van der Waals surface area contributed by atoms with Gasteiger partial charge in [0.1, 0.15) is 5.82 Å². The topological polar surface area (TPSA) is 84.7 Å². The van der Waals surface area contributed by atoms with Crippen molar-refractivity contribution >= 4 is 34.5 Å². The molecule has 0 spiro atoms. The summed E-state index contributed by atoms with van der Waals surface area (Å²) in [6, 6.07) is 0. The molecule has 8 heteroatoms. The van der Waals surface area contributed by atoms with Gasteiger partial charge in [0.2, 0.25) is 5.91 Å². The highest BCUT2D eigenvalue weighted by Crippen LogP contribution is 2.26. The van der Waals surface area contributed by atoms with Crippen LogP contribution < -0.4 is 10.6 Å². The van der Waals surface area contributed by atoms with Crippen molar-refractivity contribution in [1.82, 2.24) is 25.1 Å². The molecule has 25 heavy (non-hydrogen) atoms. The molecule has 0 atom stereocenters. The Balaban J connectivity index is 2.27. The SMILES string of the molecule is CCC(=O)NCCn1ncc2c(NCC(C)C)nc(SC(C)C)nc21. The molecule has 2 aromatic rings. The molecule has 0 fully saturated rings. The van der Waals surface area contributed by atoms with E-state index in [1.165, 1.54) is 0 Å². The summed E-state index contributed by atoms with van der Waals surface area (Å²) in [5, 5.41) is 12.8. The predicted molar refractivity (Wildman–Crippen MR) is 103 cm³/mol. The zero-order valence-corrected chi connectivity index (χ0v) is 16.5. The second kappa shape index (κ2) is 9.03. The van der Waals surface area contributed by atoms with E-state index in [1.807, 2.05) is 11.6 Å². The highest BCUT2D eigenvalue weighted by Gasteiger charge is 2.14. The molecule has 2 N–H and O–H groups in total. The average Bonchev–Trinajstić information content (AvgIpc) is 2.95. The summed E-state index contributed by atoms with van der Waals surface area (Å²) >= 11 is 1.63. The molecule has 0 bridgehead atoms. The first-order chi connectivity index (χ1) is 11.9. The molecule has 0 aromatic carbocycles. The molecular weight excluding hydrogens is 336 g/mol. The fraction of sp³-hybridized carbons (Fsp3) is 0.647. The second-order valence-corrected chi connectivity index (χ2v) is 8.15. The van der Waals surface area contributed by atoms with Crippen LogP contribution in [-0.2, 0) is 11.3 Å². The lowest BCUT2D eigenvalue weighted by molar-refractivity contribution is -0.120. The van der Waals surface area contributed by atoms with Gasteiger partial charge in [-0.05, 0) is 5.92 Å². The van der Waals surface area contributed by atoms with E-state index in [0.29, 0.717) is 30.7 Å². The van der Waals surface area contributed by atoms with Crippen molar-refractivity contribution in [2.75, 3.05) is 18.4 Å². The van der Waals surface area contributed by atoms with Gasteiger partial charge in [0.25, 0.3) is 0 Å². The Bertz CT molecular complexity index is 712. The summed E-state index contributed by atoms with van der Waals surface area (Å²) in [6.45, 7) is 12.4. The van der Waals surface area contributed by atoms with Crippen molar-refractivity contribution in [3.63, 3.8) is 0 Å². The first-order valence-electron chi connectivity index (χ1n) is 8.81. The molecule has 0 unspecified atom stereocenters. The van der Waals surface area contributed by atoms with Crippen LogP contribution >= 0.6 is 11.8 Å². The van der Waals surface area contributed by atoms with Crippen molar-refractivity contribution in [2.24, 2.45) is 5.92 Å². The van der Waals surface area contributed by atoms with Crippen molar-refractivity contribution in [3.05, 3.63) is 6.20 Å². The minimum absolute atomic E-state index is 0.0430. The number of rotatable bonds is 9. The lowest BCUT2D eigenvalue weighted by Gasteiger charge is -2.12. The van der Waals surface area contributed by atoms with Crippen LogP contribution in [0.2, 0.25) is 0 Å². The van der Waals surface area contributed by atoms with E-state index in [-0.39, 0.29) is 5.91 Å². The Labute approximate surface area is 153 Å². The molecule has 0 aliphatic carbocycles. The van der Waals surface area contributed by atoms with Crippen LogP contribution in [-0.4, -0.2) is 44.0 Å². The Morgan fingerprint density at radius 2 is 2.04 bits per heavy atom. The number of hydrogen-bond acceptors (Lipinski definition) is 6. The van der Waals surface area contributed by atoms with Crippen molar-refractivity contribution in [2.45, 2.75) is 58.0 Å². The molecule has 0 aliphatic heterocycles. The van der Waals surface area contributed by atoms with Crippen molar-refractivity contribution < 1.29 is 4.79 Å². The van der Waals surface area contributed by atoms with E-state index >= 15 is 0 Å². The van der Waals surface area contributed by atoms with Crippen LogP contribution in [0.25, 0.3) is 11.0 Å². The summed E-state index contributed by atoms with van der Waals surface area (Å²) < 4.78 is 1.83. The third-order valence-corrected chi connectivity index (χ3v) is 4.33. The Morgan fingerprint density at radius 3 is 2.68 bits per heavy atom. The first kappa shape index (κ1) is 19.5. The molecule has 0 aliphatic rings. The van der Waals surface area contributed by atoms with Gasteiger partial charge in [0, 0.05) is 24.8 Å². The maximum atomic E-state index is 11.4. The Kier molecular flexibility index (Phi) is 7.04. The van der Waals surface area contributed by atoms with Gasteiger partial charge in [-0.15, -0.1) is 0 Å². The zero-order valence-electron chi connectivity index (χ0n) is 15.7. The van der Waals surface area contributed by atoms with Gasteiger partial charge in [-0.3, -0.25) is 4.79 Å². The van der Waals surface area contributed by atoms with E-state index in [0.717, 1.165) is 28.6 Å². The van der Waals surface area contributed by atoms with Crippen LogP contribution in [0.15, 0.2) is 11.4 Å². The largest absolute Gasteiger partial charge is 0.369 e. The molecule has 2 rings (SSSR count). The number of fused-ring (bicyclic) bond motifs is 1. The number of carbonyl (C=O) groups is 1. The normalized spacial score (nSPS) is 11.5. The number of anilines is 1. The lowest BCUT2D eigenvalue weighted by Crippen LogP contribution is -2.26. The van der Waals surface area contributed by atoms with Crippen LogP contribution in [0.4, 0.5) is 5.82 Å². The van der Waals surface area contributed by atoms with Crippen LogP contribution in [0.5, 0.6) is 0 Å². The summed E-state index contributed by atoms with van der Waals surface area (Å²) in [5.41, 5.74) is 0.801. The van der Waals surface area contributed by atoms with E-state index < -0.39 is 0 Å². The van der Waals surface area contributed by atoms with Gasteiger partial charge in [-0.25, -0.2) is 14.6 Å². The molecular formula is C17H28N6OS. The Morgan fingerprint density at radius 1 is 1.28 bits per heavy atom. The van der Waals surface area contributed by atoms with E-state index in [9.17, 15) is 4.79 Å². The standard InChI is InChI=1S/C17H28N6OS/c1-6-14(24)18-7-8-23-16-13(10-20-23)15(19-9-11(2)3)21-17(22-16)25-12(4)5/h10-12H,6-9H2,1-5H3,(H,18,24)(H,19,21,22). The van der Waals surface area contributed by atoms with E-state index in [1.54, 1.807) is 18.0 Å². The molecule has 2 heterocycles. The number of nitrogens with zero attached hydrogens (tertiary/aromatic N) is 4. The quantitative estimate of drug-likeness (QED) is 0.526. The van der Waals surface area contributed by atoms with E-state index in [2.05, 4.69) is 53.4 Å². The first-order valence-corrected chi connectivity index (χ1v) is 9.69. The highest BCUT2D eigenvalue weighted by atomic mass is 32.2. The van der Waals surface area contributed by atoms with Gasteiger partial charge >= 0.3 is 0 Å². The van der Waals surface area contributed by atoms with Crippen molar-refractivity contribution in [3.8, 4) is 0 Å². The molecule has 0 saturated heterocycles. The number of thioether (sulfide) groups is 1. The summed E-state index contributed by atoms with van der Waals surface area (Å²) in [7, 11) is 0. The van der Waals surface area contributed by atoms with Crippen LogP contribution in [0.1, 0.15) is 41.0 Å². The van der Waals surface area contributed by atoms with Gasteiger partial charge < -0.3 is 10.6 Å². The molecule has 7 nitrogen and oxygen atoms in total. The summed E-state index contributed by atoms with van der Waals surface area (Å²) in [5.74, 6) is 1.39. The number of aromatic nitrogens is 4.